The number of aliphatic hydroxyl groups excluding tert-OH is 2. The van der Waals surface area contributed by atoms with E-state index in [4.69, 9.17) is 9.84 Å². The van der Waals surface area contributed by atoms with Crippen LogP contribution in [0.1, 0.15) is 25.0 Å². The first-order chi connectivity index (χ1) is 9.00. The number of hydrogen-bond donors (Lipinski definition) is 3. The molecule has 0 saturated heterocycles. The zero-order chi connectivity index (χ0) is 14.3. The second-order valence-electron chi connectivity index (χ2n) is 4.92. The van der Waals surface area contributed by atoms with Gasteiger partial charge in [0, 0.05) is 25.8 Å². The number of β-amino-alcohol motifs (C(OH)–C–C–N with tert-alkyl or cyclic N) is 1. The van der Waals surface area contributed by atoms with Gasteiger partial charge in [-0.05, 0) is 31.0 Å². The molecule has 3 N–H and O–H groups in total. The Morgan fingerprint density at radius 2 is 2.21 bits per heavy atom. The first-order valence-corrected chi connectivity index (χ1v) is 6.29. The molecule has 19 heavy (non-hydrogen) atoms. The molecule has 0 aliphatic rings. The summed E-state index contributed by atoms with van der Waals surface area (Å²) in [6.07, 6.45) is -0.290. The van der Waals surface area contributed by atoms with E-state index in [1.807, 2.05) is 6.92 Å². The molecule has 0 fully saturated rings. The number of nitrogens with one attached hydrogen (secondary N) is 1. The average Bonchev–Trinajstić information content (AvgIpc) is 2.37. The number of rotatable bonds is 8. The lowest BCUT2D eigenvalue weighted by molar-refractivity contribution is 0.0821. The highest BCUT2D eigenvalue weighted by atomic mass is 19.1. The number of halogens is 1. The number of hydrogen-bond acceptors (Lipinski definition) is 4. The Labute approximate surface area is 113 Å². The average molecular weight is 271 g/mol. The number of methoxy groups -OCH3 is 1. The van der Waals surface area contributed by atoms with E-state index in [1.54, 1.807) is 19.2 Å². The van der Waals surface area contributed by atoms with Gasteiger partial charge in [0.2, 0.25) is 0 Å². The molecule has 0 saturated carbocycles. The van der Waals surface area contributed by atoms with Crippen LogP contribution >= 0.6 is 0 Å². The van der Waals surface area contributed by atoms with Crippen molar-refractivity contribution in [3.05, 3.63) is 35.6 Å². The summed E-state index contributed by atoms with van der Waals surface area (Å²) in [5, 5.41) is 22.2. The monoisotopic (exact) mass is 271 g/mol. The lowest BCUT2D eigenvalue weighted by Gasteiger charge is -2.30. The van der Waals surface area contributed by atoms with E-state index in [-0.39, 0.29) is 19.0 Å². The predicted molar refractivity (Wildman–Crippen MR) is 71.3 cm³/mol. The summed E-state index contributed by atoms with van der Waals surface area (Å²) in [6.45, 7) is 2.63. The van der Waals surface area contributed by atoms with Gasteiger partial charge in [-0.2, -0.15) is 0 Å². The molecule has 0 radical (unpaired) electrons. The van der Waals surface area contributed by atoms with Crippen molar-refractivity contribution in [1.82, 2.24) is 5.32 Å². The summed E-state index contributed by atoms with van der Waals surface area (Å²) in [5.74, 6) is -0.369. The van der Waals surface area contributed by atoms with E-state index < -0.39 is 11.6 Å². The maximum absolute atomic E-state index is 13.1. The highest BCUT2D eigenvalue weighted by molar-refractivity contribution is 5.19. The Morgan fingerprint density at radius 1 is 1.47 bits per heavy atom. The van der Waals surface area contributed by atoms with Gasteiger partial charge in [-0.25, -0.2) is 4.39 Å². The van der Waals surface area contributed by atoms with Crippen LogP contribution in [0.2, 0.25) is 0 Å². The number of ether oxygens (including phenoxy) is 1. The molecule has 0 spiro atoms. The minimum atomic E-state index is -0.800. The zero-order valence-electron chi connectivity index (χ0n) is 11.4. The van der Waals surface area contributed by atoms with Crippen molar-refractivity contribution in [2.45, 2.75) is 25.0 Å². The maximum Gasteiger partial charge on any atom is 0.123 e. The van der Waals surface area contributed by atoms with E-state index in [0.717, 1.165) is 0 Å². The van der Waals surface area contributed by atoms with Crippen molar-refractivity contribution in [2.24, 2.45) is 0 Å². The molecule has 108 valence electrons. The second-order valence-corrected chi connectivity index (χ2v) is 4.92. The Morgan fingerprint density at radius 3 is 2.79 bits per heavy atom. The van der Waals surface area contributed by atoms with Gasteiger partial charge in [-0.15, -0.1) is 0 Å². The van der Waals surface area contributed by atoms with E-state index in [2.05, 4.69) is 5.32 Å². The molecule has 0 heterocycles. The van der Waals surface area contributed by atoms with E-state index >= 15 is 0 Å². The van der Waals surface area contributed by atoms with Crippen LogP contribution in [0, 0.1) is 5.82 Å². The van der Waals surface area contributed by atoms with Gasteiger partial charge in [0.15, 0.2) is 0 Å². The summed E-state index contributed by atoms with van der Waals surface area (Å²) >= 11 is 0. The van der Waals surface area contributed by atoms with Crippen molar-refractivity contribution < 1.29 is 19.3 Å². The Hall–Kier alpha value is -1.01. The van der Waals surface area contributed by atoms with Gasteiger partial charge in [-0.3, -0.25) is 0 Å². The SMILES string of the molecule is COCC(C)(CCO)NCC(O)c1cccc(F)c1. The van der Waals surface area contributed by atoms with Crippen molar-refractivity contribution in [1.29, 1.82) is 0 Å². The van der Waals surface area contributed by atoms with Gasteiger partial charge >= 0.3 is 0 Å². The standard InChI is InChI=1S/C14H22FNO3/c1-14(6-7-17,10-19-2)16-9-13(18)11-4-3-5-12(15)8-11/h3-5,8,13,16-18H,6-7,9-10H2,1-2H3. The third-order valence-electron chi connectivity index (χ3n) is 3.08. The molecule has 0 aliphatic carbocycles. The van der Waals surface area contributed by atoms with Crippen LogP contribution in [0.3, 0.4) is 0 Å². The smallest absolute Gasteiger partial charge is 0.123 e. The molecule has 0 aliphatic heterocycles. The third kappa shape index (κ3) is 5.24. The molecule has 1 aromatic rings. The zero-order valence-corrected chi connectivity index (χ0v) is 11.4. The molecule has 5 heteroatoms. The second kappa shape index (κ2) is 7.55. The van der Waals surface area contributed by atoms with Crippen LogP contribution in [-0.4, -0.2) is 42.6 Å². The number of benzene rings is 1. The minimum absolute atomic E-state index is 0.0307. The van der Waals surface area contributed by atoms with Gasteiger partial charge < -0.3 is 20.3 Å². The van der Waals surface area contributed by atoms with Crippen LogP contribution in [-0.2, 0) is 4.74 Å². The van der Waals surface area contributed by atoms with Crippen LogP contribution < -0.4 is 5.32 Å². The predicted octanol–water partition coefficient (Wildman–Crippen LogP) is 1.24. The third-order valence-corrected chi connectivity index (χ3v) is 3.08. The molecule has 0 amide bonds. The fraction of sp³-hybridized carbons (Fsp3) is 0.571. The van der Waals surface area contributed by atoms with Crippen LogP contribution in [0.4, 0.5) is 4.39 Å². The van der Waals surface area contributed by atoms with Gasteiger partial charge in [0.1, 0.15) is 5.82 Å². The molecule has 1 aromatic carbocycles. The summed E-state index contributed by atoms with van der Waals surface area (Å²) < 4.78 is 18.2. The lowest BCUT2D eigenvalue weighted by Crippen LogP contribution is -2.48. The van der Waals surface area contributed by atoms with Gasteiger partial charge in [0.25, 0.3) is 0 Å². The van der Waals surface area contributed by atoms with Crippen LogP contribution in [0.25, 0.3) is 0 Å². The topological polar surface area (TPSA) is 61.7 Å². The van der Waals surface area contributed by atoms with E-state index in [9.17, 15) is 9.50 Å². The van der Waals surface area contributed by atoms with Crippen LogP contribution in [0.15, 0.2) is 24.3 Å². The Balaban J connectivity index is 2.58. The fourth-order valence-corrected chi connectivity index (χ4v) is 1.95. The first kappa shape index (κ1) is 16.0. The summed E-state index contributed by atoms with van der Waals surface area (Å²) in [4.78, 5) is 0. The van der Waals surface area contributed by atoms with Crippen molar-refractivity contribution in [2.75, 3.05) is 26.9 Å². The molecule has 0 bridgehead atoms. The van der Waals surface area contributed by atoms with Crippen molar-refractivity contribution in [3.63, 3.8) is 0 Å². The molecule has 1 rings (SSSR count). The fourth-order valence-electron chi connectivity index (χ4n) is 1.95. The van der Waals surface area contributed by atoms with Crippen molar-refractivity contribution in [3.8, 4) is 0 Å². The van der Waals surface area contributed by atoms with Gasteiger partial charge in [-0.1, -0.05) is 12.1 Å². The highest BCUT2D eigenvalue weighted by Crippen LogP contribution is 2.16. The van der Waals surface area contributed by atoms with E-state index in [1.165, 1.54) is 12.1 Å². The number of aliphatic hydroxyl groups is 2. The van der Waals surface area contributed by atoms with E-state index in [0.29, 0.717) is 18.6 Å². The lowest BCUT2D eigenvalue weighted by atomic mass is 9.98. The van der Waals surface area contributed by atoms with Crippen molar-refractivity contribution >= 4 is 0 Å². The maximum atomic E-state index is 13.1. The molecule has 2 unspecified atom stereocenters. The molecule has 2 atom stereocenters. The largest absolute Gasteiger partial charge is 0.396 e. The first-order valence-electron chi connectivity index (χ1n) is 6.29. The molecular weight excluding hydrogens is 249 g/mol. The molecule has 4 nitrogen and oxygen atoms in total. The Kier molecular flexibility index (Phi) is 6.37. The quantitative estimate of drug-likeness (QED) is 0.665. The molecular formula is C14H22FNO3. The summed E-state index contributed by atoms with van der Waals surface area (Å²) in [7, 11) is 1.58. The summed E-state index contributed by atoms with van der Waals surface area (Å²) in [5.41, 5.74) is 0.105. The highest BCUT2D eigenvalue weighted by Gasteiger charge is 2.24. The Bertz CT molecular complexity index is 381. The normalized spacial score (nSPS) is 16.1. The minimum Gasteiger partial charge on any atom is -0.396 e. The summed E-state index contributed by atoms with van der Waals surface area (Å²) in [6, 6.07) is 5.89. The van der Waals surface area contributed by atoms with Gasteiger partial charge in [0.05, 0.1) is 12.7 Å². The van der Waals surface area contributed by atoms with Crippen LogP contribution in [0.5, 0.6) is 0 Å². The molecule has 0 aromatic heterocycles.